The van der Waals surface area contributed by atoms with Crippen LogP contribution >= 0.6 is 0 Å². The molecule has 0 aliphatic heterocycles. The number of sulfonamides is 1. The monoisotopic (exact) mass is 528 g/mol. The van der Waals surface area contributed by atoms with Crippen molar-refractivity contribution in [2.45, 2.75) is 44.6 Å². The molecule has 11 nitrogen and oxygen atoms in total. The second-order valence-electron chi connectivity index (χ2n) is 9.32. The van der Waals surface area contributed by atoms with Gasteiger partial charge in [0, 0.05) is 35.2 Å². The summed E-state index contributed by atoms with van der Waals surface area (Å²) in [6, 6.07) is 13.7. The van der Waals surface area contributed by atoms with Gasteiger partial charge in [-0.1, -0.05) is 6.07 Å². The fourth-order valence-corrected chi connectivity index (χ4v) is 4.65. The number of benzene rings is 2. The summed E-state index contributed by atoms with van der Waals surface area (Å²) >= 11 is 0. The molecular weight excluding hydrogens is 496 g/mol. The maximum atomic E-state index is 12.7. The Labute approximate surface area is 216 Å². The molecule has 0 aliphatic carbocycles. The second kappa shape index (κ2) is 11.9. The average Bonchev–Trinajstić information content (AvgIpc) is 2.81. The second-order valence-corrected chi connectivity index (χ2v) is 11.0. The Hall–Kier alpha value is -3.90. The smallest absolute Gasteiger partial charge is 0.404 e. The molecule has 0 bridgehead atoms. The number of hydrogen-bond donors (Lipinski definition) is 5. The van der Waals surface area contributed by atoms with E-state index in [2.05, 4.69) is 30.6 Å². The molecule has 1 amide bonds. The van der Waals surface area contributed by atoms with Crippen LogP contribution in [0, 0.1) is 6.92 Å². The summed E-state index contributed by atoms with van der Waals surface area (Å²) in [5.41, 5.74) is 1.50. The van der Waals surface area contributed by atoms with Gasteiger partial charge in [-0.15, -0.1) is 0 Å². The van der Waals surface area contributed by atoms with E-state index in [0.29, 0.717) is 42.8 Å². The number of aromatic nitrogens is 2. The number of carbonyl (C=O) groups is 1. The van der Waals surface area contributed by atoms with Crippen LogP contribution in [0.15, 0.2) is 59.6 Å². The molecule has 1 aromatic heterocycles. The molecule has 12 heteroatoms. The summed E-state index contributed by atoms with van der Waals surface area (Å²) in [7, 11) is -3.68. The van der Waals surface area contributed by atoms with Crippen LogP contribution in [-0.4, -0.2) is 48.3 Å². The first-order valence-electron chi connectivity index (χ1n) is 11.6. The zero-order chi connectivity index (χ0) is 27.1. The van der Waals surface area contributed by atoms with Gasteiger partial charge in [0.05, 0.1) is 11.5 Å². The number of amides is 1. The minimum Gasteiger partial charge on any atom is -0.494 e. The molecule has 0 aliphatic rings. The first-order valence-corrected chi connectivity index (χ1v) is 13.1. The van der Waals surface area contributed by atoms with Gasteiger partial charge >= 0.3 is 6.09 Å². The van der Waals surface area contributed by atoms with Crippen molar-refractivity contribution in [3.05, 3.63) is 60.3 Å². The first kappa shape index (κ1) is 27.7. The molecular formula is C25H32N6O5S. The van der Waals surface area contributed by atoms with Crippen molar-refractivity contribution in [3.8, 4) is 5.75 Å². The molecule has 5 N–H and O–H groups in total. The van der Waals surface area contributed by atoms with Crippen molar-refractivity contribution >= 4 is 39.3 Å². The zero-order valence-corrected chi connectivity index (χ0v) is 22.0. The molecule has 0 atom stereocenters. The summed E-state index contributed by atoms with van der Waals surface area (Å²) < 4.78 is 33.7. The number of aryl methyl sites for hydroxylation is 1. The van der Waals surface area contributed by atoms with Crippen LogP contribution < -0.4 is 25.4 Å². The van der Waals surface area contributed by atoms with E-state index >= 15 is 0 Å². The number of carboxylic acid groups (broad SMARTS) is 1. The number of hydrogen-bond acceptors (Lipinski definition) is 8. The Morgan fingerprint density at radius 2 is 1.78 bits per heavy atom. The standard InChI is InChI=1S/C25H32N6O5S/c1-17-16-27-23(29-18-9-11-20(12-10-18)36-14-6-13-26-24(32)33)30-22(17)28-19-7-5-8-21(15-19)37(34,35)31-25(2,3)4/h5,7-12,15-16,26,31H,6,13-14H2,1-4H3,(H,32,33)(H2,27,28,29,30). The highest BCUT2D eigenvalue weighted by Crippen LogP contribution is 2.24. The fraction of sp³-hybridized carbons (Fsp3) is 0.320. The molecule has 2 aromatic carbocycles. The van der Waals surface area contributed by atoms with Crippen LogP contribution in [0.4, 0.5) is 27.9 Å². The lowest BCUT2D eigenvalue weighted by Gasteiger charge is -2.20. The van der Waals surface area contributed by atoms with Crippen LogP contribution in [0.3, 0.4) is 0 Å². The molecule has 0 saturated carbocycles. The molecule has 0 radical (unpaired) electrons. The van der Waals surface area contributed by atoms with E-state index in [4.69, 9.17) is 9.84 Å². The van der Waals surface area contributed by atoms with Gasteiger partial charge < -0.3 is 25.8 Å². The van der Waals surface area contributed by atoms with Gasteiger partial charge in [0.1, 0.15) is 11.6 Å². The third-order valence-corrected chi connectivity index (χ3v) is 6.55. The normalized spacial score (nSPS) is 11.6. The van der Waals surface area contributed by atoms with Gasteiger partial charge in [0.25, 0.3) is 0 Å². The molecule has 0 saturated heterocycles. The number of ether oxygens (including phenoxy) is 1. The Kier molecular flexibility index (Phi) is 8.90. The van der Waals surface area contributed by atoms with Gasteiger partial charge in [0.2, 0.25) is 16.0 Å². The lowest BCUT2D eigenvalue weighted by molar-refractivity contribution is 0.193. The Bertz CT molecular complexity index is 1320. The third-order valence-electron chi connectivity index (χ3n) is 4.80. The topological polar surface area (TPSA) is 155 Å². The molecule has 3 aromatic rings. The van der Waals surface area contributed by atoms with Crippen LogP contribution in [0.1, 0.15) is 32.8 Å². The first-order chi connectivity index (χ1) is 17.4. The van der Waals surface area contributed by atoms with Crippen molar-refractivity contribution in [2.75, 3.05) is 23.8 Å². The summed E-state index contributed by atoms with van der Waals surface area (Å²) in [6.07, 6.45) is 1.17. The van der Waals surface area contributed by atoms with E-state index in [1.165, 1.54) is 0 Å². The van der Waals surface area contributed by atoms with E-state index < -0.39 is 21.7 Å². The SMILES string of the molecule is Cc1cnc(Nc2ccc(OCCCNC(=O)O)cc2)nc1Nc1cccc(S(=O)(=O)NC(C)(C)C)c1. The molecule has 0 unspecified atom stereocenters. The van der Waals surface area contributed by atoms with E-state index in [1.54, 1.807) is 63.4 Å². The van der Waals surface area contributed by atoms with Crippen molar-refractivity contribution in [1.82, 2.24) is 20.0 Å². The highest BCUT2D eigenvalue weighted by atomic mass is 32.2. The van der Waals surface area contributed by atoms with E-state index in [0.717, 1.165) is 11.3 Å². The minimum atomic E-state index is -3.68. The van der Waals surface area contributed by atoms with Crippen molar-refractivity contribution in [1.29, 1.82) is 0 Å². The summed E-state index contributed by atoms with van der Waals surface area (Å²) in [6.45, 7) is 7.92. The van der Waals surface area contributed by atoms with Gasteiger partial charge in [0.15, 0.2) is 0 Å². The number of anilines is 4. The molecule has 3 rings (SSSR count). The van der Waals surface area contributed by atoms with Crippen LogP contribution in [0.5, 0.6) is 5.75 Å². The largest absolute Gasteiger partial charge is 0.494 e. The number of nitrogens with one attached hydrogen (secondary N) is 4. The average molecular weight is 529 g/mol. The maximum absolute atomic E-state index is 12.7. The van der Waals surface area contributed by atoms with Crippen LogP contribution in [-0.2, 0) is 10.0 Å². The highest BCUT2D eigenvalue weighted by molar-refractivity contribution is 7.89. The zero-order valence-electron chi connectivity index (χ0n) is 21.2. The minimum absolute atomic E-state index is 0.151. The molecule has 198 valence electrons. The number of rotatable bonds is 11. The lowest BCUT2D eigenvalue weighted by atomic mass is 10.1. The third kappa shape index (κ3) is 8.92. The quantitative estimate of drug-likeness (QED) is 0.228. The molecule has 37 heavy (non-hydrogen) atoms. The van der Waals surface area contributed by atoms with Gasteiger partial charge in [-0.05, 0) is 76.6 Å². The van der Waals surface area contributed by atoms with E-state index in [9.17, 15) is 13.2 Å². The Morgan fingerprint density at radius 3 is 2.46 bits per heavy atom. The maximum Gasteiger partial charge on any atom is 0.404 e. The lowest BCUT2D eigenvalue weighted by Crippen LogP contribution is -2.40. The predicted molar refractivity (Wildman–Crippen MR) is 142 cm³/mol. The Balaban J connectivity index is 1.65. The highest BCUT2D eigenvalue weighted by Gasteiger charge is 2.22. The van der Waals surface area contributed by atoms with Crippen molar-refractivity contribution in [3.63, 3.8) is 0 Å². The fourth-order valence-electron chi connectivity index (χ4n) is 3.19. The molecule has 1 heterocycles. The van der Waals surface area contributed by atoms with Gasteiger partial charge in [-0.2, -0.15) is 4.98 Å². The molecule has 0 fully saturated rings. The van der Waals surface area contributed by atoms with E-state index in [1.807, 2.05) is 19.1 Å². The van der Waals surface area contributed by atoms with Gasteiger partial charge in [-0.25, -0.2) is 22.9 Å². The van der Waals surface area contributed by atoms with Crippen molar-refractivity contribution < 1.29 is 23.1 Å². The summed E-state index contributed by atoms with van der Waals surface area (Å²) in [5, 5.41) is 17.2. The van der Waals surface area contributed by atoms with Crippen molar-refractivity contribution in [2.24, 2.45) is 0 Å². The summed E-state index contributed by atoms with van der Waals surface area (Å²) in [4.78, 5) is 19.5. The number of nitrogens with zero attached hydrogens (tertiary/aromatic N) is 2. The Morgan fingerprint density at radius 1 is 1.05 bits per heavy atom. The van der Waals surface area contributed by atoms with Gasteiger partial charge in [-0.3, -0.25) is 0 Å². The summed E-state index contributed by atoms with van der Waals surface area (Å²) in [5.74, 6) is 1.55. The molecule has 0 spiro atoms. The van der Waals surface area contributed by atoms with Crippen LogP contribution in [0.2, 0.25) is 0 Å². The predicted octanol–water partition coefficient (Wildman–Crippen LogP) is 4.39. The van der Waals surface area contributed by atoms with E-state index in [-0.39, 0.29) is 4.90 Å². The van der Waals surface area contributed by atoms with Crippen LogP contribution in [0.25, 0.3) is 0 Å².